The van der Waals surface area contributed by atoms with E-state index in [0.717, 1.165) is 24.0 Å². The van der Waals surface area contributed by atoms with Crippen molar-refractivity contribution in [3.63, 3.8) is 0 Å². The number of rotatable bonds is 4. The average Bonchev–Trinajstić information content (AvgIpc) is 2.24. The molecule has 0 atom stereocenters. The lowest BCUT2D eigenvalue weighted by Gasteiger charge is -2.26. The van der Waals surface area contributed by atoms with E-state index in [4.69, 9.17) is 18.0 Å². The first-order chi connectivity index (χ1) is 8.15. The number of nitrogens with one attached hydrogen (secondary N) is 1. The van der Waals surface area contributed by atoms with Crippen molar-refractivity contribution in [2.45, 2.75) is 31.7 Å². The van der Waals surface area contributed by atoms with Gasteiger partial charge in [0, 0.05) is 11.6 Å². The third-order valence-electron chi connectivity index (χ3n) is 3.07. The molecular formula is C13H16N2OS. The third kappa shape index (κ3) is 3.27. The van der Waals surface area contributed by atoms with Crippen molar-refractivity contribution in [1.29, 1.82) is 0 Å². The van der Waals surface area contributed by atoms with Crippen LogP contribution in [0, 0.1) is 0 Å². The standard InChI is InChI=1S/C13H16N2OS/c14-13(17)10-6-4-9(5-7-10)8-12(16)15-11-2-1-3-11/h4-7,11H,1-3,8H2,(H2,14,17)(H,15,16). The summed E-state index contributed by atoms with van der Waals surface area (Å²) in [5.74, 6) is 0.0952. The molecular weight excluding hydrogens is 232 g/mol. The molecule has 1 saturated carbocycles. The smallest absolute Gasteiger partial charge is 0.224 e. The van der Waals surface area contributed by atoms with Crippen LogP contribution in [0.3, 0.4) is 0 Å². The number of carbonyl (C=O) groups is 1. The van der Waals surface area contributed by atoms with Gasteiger partial charge in [-0.2, -0.15) is 0 Å². The maximum Gasteiger partial charge on any atom is 0.224 e. The van der Waals surface area contributed by atoms with Crippen LogP contribution < -0.4 is 11.1 Å². The minimum atomic E-state index is 0.0952. The molecule has 0 bridgehead atoms. The molecule has 1 fully saturated rings. The zero-order valence-electron chi connectivity index (χ0n) is 9.61. The van der Waals surface area contributed by atoms with Crippen LogP contribution >= 0.6 is 12.2 Å². The fourth-order valence-corrected chi connectivity index (χ4v) is 1.94. The van der Waals surface area contributed by atoms with E-state index in [-0.39, 0.29) is 5.91 Å². The van der Waals surface area contributed by atoms with Crippen molar-refractivity contribution in [3.05, 3.63) is 35.4 Å². The van der Waals surface area contributed by atoms with Gasteiger partial charge in [-0.15, -0.1) is 0 Å². The van der Waals surface area contributed by atoms with Crippen molar-refractivity contribution in [3.8, 4) is 0 Å². The minimum Gasteiger partial charge on any atom is -0.389 e. The number of amides is 1. The van der Waals surface area contributed by atoms with Gasteiger partial charge in [-0.3, -0.25) is 4.79 Å². The van der Waals surface area contributed by atoms with Crippen LogP contribution in [0.1, 0.15) is 30.4 Å². The Bertz CT molecular complexity index is 424. The molecule has 1 amide bonds. The molecule has 1 aliphatic rings. The Hall–Kier alpha value is -1.42. The van der Waals surface area contributed by atoms with Crippen LogP contribution in [-0.2, 0) is 11.2 Å². The molecule has 0 saturated heterocycles. The molecule has 17 heavy (non-hydrogen) atoms. The molecule has 0 aliphatic heterocycles. The molecule has 2 rings (SSSR count). The van der Waals surface area contributed by atoms with E-state index < -0.39 is 0 Å². The first-order valence-corrected chi connectivity index (χ1v) is 6.24. The van der Waals surface area contributed by atoms with E-state index in [1.165, 1.54) is 6.42 Å². The lowest BCUT2D eigenvalue weighted by atomic mass is 9.93. The summed E-state index contributed by atoms with van der Waals surface area (Å²) in [6.07, 6.45) is 3.89. The predicted octanol–water partition coefficient (Wildman–Crippen LogP) is 1.53. The van der Waals surface area contributed by atoms with Crippen molar-refractivity contribution in [2.75, 3.05) is 0 Å². The molecule has 0 unspecified atom stereocenters. The first-order valence-electron chi connectivity index (χ1n) is 5.83. The summed E-state index contributed by atoms with van der Waals surface area (Å²) in [7, 11) is 0. The van der Waals surface area contributed by atoms with Gasteiger partial charge in [-0.05, 0) is 24.8 Å². The molecule has 0 spiro atoms. The molecule has 0 aromatic heterocycles. The Morgan fingerprint density at radius 3 is 2.47 bits per heavy atom. The SMILES string of the molecule is NC(=S)c1ccc(CC(=O)NC2CCC2)cc1. The second-order valence-electron chi connectivity index (χ2n) is 4.43. The number of nitrogens with two attached hydrogens (primary N) is 1. The molecule has 3 nitrogen and oxygen atoms in total. The molecule has 1 aromatic rings. The maximum atomic E-state index is 11.7. The molecule has 90 valence electrons. The van der Waals surface area contributed by atoms with Crippen molar-refractivity contribution < 1.29 is 4.79 Å². The van der Waals surface area contributed by atoms with Crippen molar-refractivity contribution in [1.82, 2.24) is 5.32 Å². The van der Waals surface area contributed by atoms with Gasteiger partial charge in [0.25, 0.3) is 0 Å². The Labute approximate surface area is 106 Å². The van der Waals surface area contributed by atoms with Crippen molar-refractivity contribution in [2.24, 2.45) is 5.73 Å². The van der Waals surface area contributed by atoms with Crippen molar-refractivity contribution >= 4 is 23.1 Å². The number of hydrogen-bond acceptors (Lipinski definition) is 2. The van der Waals surface area contributed by atoms with E-state index in [0.29, 0.717) is 17.5 Å². The zero-order chi connectivity index (χ0) is 12.3. The third-order valence-corrected chi connectivity index (χ3v) is 3.31. The van der Waals surface area contributed by atoms with E-state index in [1.54, 1.807) is 0 Å². The van der Waals surface area contributed by atoms with Crippen LogP contribution in [0.2, 0.25) is 0 Å². The van der Waals surface area contributed by atoms with Gasteiger partial charge in [-0.25, -0.2) is 0 Å². The molecule has 0 radical (unpaired) electrons. The maximum absolute atomic E-state index is 11.7. The summed E-state index contributed by atoms with van der Waals surface area (Å²) < 4.78 is 0. The van der Waals surface area contributed by atoms with Crippen LogP contribution in [-0.4, -0.2) is 16.9 Å². The Morgan fingerprint density at radius 2 is 2.00 bits per heavy atom. The van der Waals surface area contributed by atoms with Crippen LogP contribution in [0.25, 0.3) is 0 Å². The van der Waals surface area contributed by atoms with Crippen LogP contribution in [0.15, 0.2) is 24.3 Å². The summed E-state index contributed by atoms with van der Waals surface area (Å²) in [5.41, 5.74) is 7.33. The van der Waals surface area contributed by atoms with Gasteiger partial charge in [0.05, 0.1) is 6.42 Å². The van der Waals surface area contributed by atoms with Crippen LogP contribution in [0.4, 0.5) is 0 Å². The minimum absolute atomic E-state index is 0.0952. The predicted molar refractivity (Wildman–Crippen MR) is 71.8 cm³/mol. The highest BCUT2D eigenvalue weighted by molar-refractivity contribution is 7.80. The average molecular weight is 248 g/mol. The monoisotopic (exact) mass is 248 g/mol. The topological polar surface area (TPSA) is 55.1 Å². The Morgan fingerprint density at radius 1 is 1.35 bits per heavy atom. The second kappa shape index (κ2) is 5.27. The van der Waals surface area contributed by atoms with E-state index >= 15 is 0 Å². The highest BCUT2D eigenvalue weighted by atomic mass is 32.1. The lowest BCUT2D eigenvalue weighted by Crippen LogP contribution is -2.40. The second-order valence-corrected chi connectivity index (χ2v) is 4.87. The van der Waals surface area contributed by atoms with E-state index in [2.05, 4.69) is 5.32 Å². The Kier molecular flexibility index (Phi) is 3.74. The van der Waals surface area contributed by atoms with Gasteiger partial charge in [-0.1, -0.05) is 36.5 Å². The van der Waals surface area contributed by atoms with Gasteiger partial charge in [0.2, 0.25) is 5.91 Å². The largest absolute Gasteiger partial charge is 0.389 e. The molecule has 0 heterocycles. The highest BCUT2D eigenvalue weighted by Crippen LogP contribution is 2.18. The number of carbonyl (C=O) groups excluding carboxylic acids is 1. The molecule has 1 aliphatic carbocycles. The lowest BCUT2D eigenvalue weighted by molar-refractivity contribution is -0.121. The summed E-state index contributed by atoms with van der Waals surface area (Å²) in [6, 6.07) is 7.91. The van der Waals surface area contributed by atoms with Gasteiger partial charge in [0.1, 0.15) is 4.99 Å². The van der Waals surface area contributed by atoms with Gasteiger partial charge >= 0.3 is 0 Å². The zero-order valence-corrected chi connectivity index (χ0v) is 10.4. The fraction of sp³-hybridized carbons (Fsp3) is 0.385. The fourth-order valence-electron chi connectivity index (χ4n) is 1.80. The summed E-state index contributed by atoms with van der Waals surface area (Å²) >= 11 is 4.87. The summed E-state index contributed by atoms with van der Waals surface area (Å²) in [6.45, 7) is 0. The normalized spacial score (nSPS) is 15.1. The summed E-state index contributed by atoms with van der Waals surface area (Å²) in [4.78, 5) is 12.1. The summed E-state index contributed by atoms with van der Waals surface area (Å²) in [5, 5.41) is 3.01. The van der Waals surface area contributed by atoms with E-state index in [9.17, 15) is 4.79 Å². The highest BCUT2D eigenvalue weighted by Gasteiger charge is 2.19. The first kappa shape index (κ1) is 12.0. The Balaban J connectivity index is 1.89. The van der Waals surface area contributed by atoms with Crippen LogP contribution in [0.5, 0.6) is 0 Å². The number of benzene rings is 1. The number of thiocarbonyl (C=S) groups is 1. The number of hydrogen-bond donors (Lipinski definition) is 2. The molecule has 1 aromatic carbocycles. The quantitative estimate of drug-likeness (QED) is 0.795. The molecule has 3 N–H and O–H groups in total. The molecule has 4 heteroatoms. The van der Waals surface area contributed by atoms with Gasteiger partial charge in [0.15, 0.2) is 0 Å². The van der Waals surface area contributed by atoms with Gasteiger partial charge < -0.3 is 11.1 Å². The van der Waals surface area contributed by atoms with E-state index in [1.807, 2.05) is 24.3 Å².